The first kappa shape index (κ1) is 22.4. The minimum absolute atomic E-state index is 0.0300. The second kappa shape index (κ2) is 9.85. The van der Waals surface area contributed by atoms with E-state index >= 15 is 4.39 Å². The number of rotatable bonds is 6. The molecule has 0 amide bonds. The number of aromatic nitrogens is 3. The van der Waals surface area contributed by atoms with Crippen LogP contribution in [-0.4, -0.2) is 45.2 Å². The molecule has 2 aliphatic heterocycles. The van der Waals surface area contributed by atoms with Gasteiger partial charge in [-0.1, -0.05) is 48.3 Å². The normalized spacial score (nSPS) is 21.3. The maximum Gasteiger partial charge on any atom is 0.128 e. The zero-order valence-corrected chi connectivity index (χ0v) is 20.1. The minimum Gasteiger partial charge on any atom is -0.371 e. The Morgan fingerprint density at radius 3 is 2.52 bits per heavy atom. The Kier molecular flexibility index (Phi) is 6.69. The van der Waals surface area contributed by atoms with Crippen molar-refractivity contribution in [3.05, 3.63) is 78.1 Å². The zero-order valence-electron chi connectivity index (χ0n) is 19.2. The van der Waals surface area contributed by atoms with E-state index in [-0.39, 0.29) is 11.4 Å². The third kappa shape index (κ3) is 5.09. The monoisotopic (exact) mass is 465 g/mol. The molecule has 2 aliphatic rings. The molecule has 2 fully saturated rings. The lowest BCUT2D eigenvalue weighted by Crippen LogP contribution is -2.44. The fourth-order valence-corrected chi connectivity index (χ4v) is 6.31. The van der Waals surface area contributed by atoms with Crippen molar-refractivity contribution < 1.29 is 4.39 Å². The zero-order chi connectivity index (χ0) is 22.7. The summed E-state index contributed by atoms with van der Waals surface area (Å²) in [5, 5.41) is 8.42. The van der Waals surface area contributed by atoms with Gasteiger partial charge >= 0.3 is 0 Å². The van der Waals surface area contributed by atoms with Crippen LogP contribution in [0.2, 0.25) is 0 Å². The molecule has 2 saturated heterocycles. The van der Waals surface area contributed by atoms with Gasteiger partial charge in [-0.3, -0.25) is 0 Å². The molecule has 5 nitrogen and oxygen atoms in total. The number of hydrogen-bond acceptors (Lipinski definition) is 5. The van der Waals surface area contributed by atoms with Gasteiger partial charge in [-0.2, -0.15) is 0 Å². The Bertz CT molecular complexity index is 1030. The Morgan fingerprint density at radius 1 is 1.03 bits per heavy atom. The Hall–Kier alpha value is -2.38. The molecular weight excluding hydrogens is 433 g/mol. The number of anilines is 1. The maximum atomic E-state index is 15.0. The number of piperidine rings is 1. The highest BCUT2D eigenvalue weighted by Gasteiger charge is 2.32. The van der Waals surface area contributed by atoms with E-state index in [1.807, 2.05) is 18.0 Å². The maximum absolute atomic E-state index is 15.0. The third-order valence-electron chi connectivity index (χ3n) is 7.24. The smallest absolute Gasteiger partial charge is 0.128 e. The van der Waals surface area contributed by atoms with E-state index in [0.717, 1.165) is 56.7 Å². The molecule has 1 aromatic heterocycles. The molecular formula is C26H32FN5S. The van der Waals surface area contributed by atoms with E-state index < -0.39 is 0 Å². The highest BCUT2D eigenvalue weighted by Crippen LogP contribution is 2.39. The molecule has 0 bridgehead atoms. The molecule has 3 heterocycles. The fourth-order valence-electron chi connectivity index (χ4n) is 4.96. The average Bonchev–Trinajstić information content (AvgIpc) is 3.41. The summed E-state index contributed by atoms with van der Waals surface area (Å²) in [4.78, 5) is 2.30. The molecule has 0 aliphatic carbocycles. The highest BCUT2D eigenvalue weighted by atomic mass is 32.2. The van der Waals surface area contributed by atoms with E-state index in [1.165, 1.54) is 18.4 Å². The first-order valence-corrected chi connectivity index (χ1v) is 12.8. The number of benzene rings is 2. The Balaban J connectivity index is 1.16. The van der Waals surface area contributed by atoms with Crippen LogP contribution in [0.15, 0.2) is 61.2 Å². The van der Waals surface area contributed by atoms with Gasteiger partial charge in [-0.15, -0.1) is 10.2 Å². The van der Waals surface area contributed by atoms with Crippen LogP contribution in [-0.2, 0) is 12.0 Å². The van der Waals surface area contributed by atoms with Gasteiger partial charge in [0.1, 0.15) is 18.5 Å². The van der Waals surface area contributed by atoms with Crippen LogP contribution < -0.4 is 4.90 Å². The van der Waals surface area contributed by atoms with Crippen molar-refractivity contribution in [2.24, 2.45) is 0 Å². The van der Waals surface area contributed by atoms with E-state index in [9.17, 15) is 0 Å². The van der Waals surface area contributed by atoms with Crippen LogP contribution >= 0.6 is 11.9 Å². The van der Waals surface area contributed by atoms with Crippen LogP contribution in [0.1, 0.15) is 49.0 Å². The summed E-state index contributed by atoms with van der Waals surface area (Å²) in [6, 6.07) is 16.5. The first-order valence-electron chi connectivity index (χ1n) is 12.0. The van der Waals surface area contributed by atoms with Gasteiger partial charge in [0.2, 0.25) is 0 Å². The molecule has 1 atom stereocenters. The lowest BCUT2D eigenvalue weighted by molar-refractivity contribution is 0.247. The van der Waals surface area contributed by atoms with Gasteiger partial charge in [-0.25, -0.2) is 8.70 Å². The van der Waals surface area contributed by atoms with Gasteiger partial charge in [0, 0.05) is 42.7 Å². The Morgan fingerprint density at radius 2 is 1.79 bits per heavy atom. The van der Waals surface area contributed by atoms with Crippen LogP contribution in [0.25, 0.3) is 0 Å². The van der Waals surface area contributed by atoms with Crippen molar-refractivity contribution >= 4 is 17.6 Å². The van der Waals surface area contributed by atoms with E-state index in [4.69, 9.17) is 0 Å². The molecule has 0 spiro atoms. The van der Waals surface area contributed by atoms with Crippen molar-refractivity contribution in [2.75, 3.05) is 31.1 Å². The third-order valence-corrected chi connectivity index (χ3v) is 8.66. The summed E-state index contributed by atoms with van der Waals surface area (Å²) < 4.78 is 19.5. The molecule has 33 heavy (non-hydrogen) atoms. The number of hydrogen-bond donors (Lipinski definition) is 0. The lowest BCUT2D eigenvalue weighted by Gasteiger charge is -2.41. The van der Waals surface area contributed by atoms with E-state index in [0.29, 0.717) is 5.25 Å². The van der Waals surface area contributed by atoms with E-state index in [2.05, 4.69) is 67.3 Å². The quantitative estimate of drug-likeness (QED) is 0.452. The first-order chi connectivity index (χ1) is 16.1. The van der Waals surface area contributed by atoms with Crippen molar-refractivity contribution in [2.45, 2.75) is 49.8 Å². The van der Waals surface area contributed by atoms with Gasteiger partial charge in [0.15, 0.2) is 0 Å². The summed E-state index contributed by atoms with van der Waals surface area (Å²) in [6.45, 7) is 6.01. The summed E-state index contributed by atoms with van der Waals surface area (Å²) in [6.07, 6.45) is 8.72. The molecule has 2 aromatic carbocycles. The van der Waals surface area contributed by atoms with Crippen LogP contribution in [0, 0.1) is 5.82 Å². The predicted octanol–water partition coefficient (Wildman–Crippen LogP) is 5.46. The minimum atomic E-state index is -0.0822. The van der Waals surface area contributed by atoms with E-state index in [1.54, 1.807) is 18.7 Å². The van der Waals surface area contributed by atoms with Crippen molar-refractivity contribution in [1.29, 1.82) is 0 Å². The van der Waals surface area contributed by atoms with Crippen LogP contribution in [0.3, 0.4) is 0 Å². The average molecular weight is 466 g/mol. The Labute approximate surface area is 200 Å². The molecule has 0 N–H and O–H groups in total. The van der Waals surface area contributed by atoms with Crippen molar-refractivity contribution in [3.63, 3.8) is 0 Å². The standard InChI is InChI=1S/C26H32FN5S/c1-26(31-19-28-29-20-31)12-16-30(17-13-26)23-10-9-21(24(27)18-23)11-15-32-14-5-8-25(33-32)22-6-3-2-4-7-22/h2-4,6-7,9-10,18-20,25H,5,8,11-17H2,1H3. The summed E-state index contributed by atoms with van der Waals surface area (Å²) in [5.41, 5.74) is 3.22. The second-order valence-electron chi connectivity index (χ2n) is 9.45. The fraction of sp³-hybridized carbons (Fsp3) is 0.462. The van der Waals surface area contributed by atoms with Crippen LogP contribution in [0.4, 0.5) is 10.1 Å². The highest BCUT2D eigenvalue weighted by molar-refractivity contribution is 7.97. The van der Waals surface area contributed by atoms with Crippen molar-refractivity contribution in [3.8, 4) is 0 Å². The largest absolute Gasteiger partial charge is 0.371 e. The molecule has 3 aromatic rings. The molecule has 7 heteroatoms. The van der Waals surface area contributed by atoms with Gasteiger partial charge < -0.3 is 9.47 Å². The van der Waals surface area contributed by atoms with Crippen LogP contribution in [0.5, 0.6) is 0 Å². The van der Waals surface area contributed by atoms with Gasteiger partial charge in [0.25, 0.3) is 0 Å². The number of halogens is 1. The number of nitrogens with zero attached hydrogens (tertiary/aromatic N) is 5. The van der Waals surface area contributed by atoms with Crippen molar-refractivity contribution in [1.82, 2.24) is 19.1 Å². The topological polar surface area (TPSA) is 37.2 Å². The molecule has 1 unspecified atom stereocenters. The second-order valence-corrected chi connectivity index (χ2v) is 10.8. The predicted molar refractivity (Wildman–Crippen MR) is 133 cm³/mol. The SMILES string of the molecule is CC1(n2cnnc2)CCN(c2ccc(CCN3CCCC(c4ccccc4)S3)c(F)c2)CC1. The summed E-state index contributed by atoms with van der Waals surface area (Å²) in [7, 11) is 0. The summed E-state index contributed by atoms with van der Waals surface area (Å²) in [5.74, 6) is -0.0822. The van der Waals surface area contributed by atoms with Gasteiger partial charge in [0.05, 0.1) is 0 Å². The molecule has 0 saturated carbocycles. The molecule has 5 rings (SSSR count). The summed E-state index contributed by atoms with van der Waals surface area (Å²) >= 11 is 1.93. The molecule has 174 valence electrons. The van der Waals surface area contributed by atoms with Gasteiger partial charge in [-0.05, 0) is 62.3 Å². The lowest BCUT2D eigenvalue weighted by atomic mass is 9.89. The molecule has 0 radical (unpaired) electrons.